The smallest absolute Gasteiger partial charge is 0.257 e. The SMILES string of the molecule is COc1ccc2c(c1)[C@@H](C)N1C(=O)c3ccccc3[C@@H]1O2. The molecular weight excluding hydrogens is 266 g/mol. The number of hydrogen-bond acceptors (Lipinski definition) is 3. The highest BCUT2D eigenvalue weighted by atomic mass is 16.5. The Morgan fingerprint density at radius 3 is 2.76 bits per heavy atom. The molecule has 0 saturated carbocycles. The Hall–Kier alpha value is -2.49. The first-order valence-corrected chi connectivity index (χ1v) is 6.97. The van der Waals surface area contributed by atoms with E-state index < -0.39 is 0 Å². The van der Waals surface area contributed by atoms with E-state index in [1.54, 1.807) is 12.0 Å². The number of carbonyl (C=O) groups excluding carboxylic acids is 1. The first kappa shape index (κ1) is 12.3. The maximum Gasteiger partial charge on any atom is 0.257 e. The number of hydrogen-bond donors (Lipinski definition) is 0. The van der Waals surface area contributed by atoms with E-state index >= 15 is 0 Å². The van der Waals surface area contributed by atoms with Crippen LogP contribution in [0.5, 0.6) is 11.5 Å². The molecule has 0 saturated heterocycles. The molecule has 0 unspecified atom stereocenters. The van der Waals surface area contributed by atoms with Crippen LogP contribution in [0.25, 0.3) is 0 Å². The van der Waals surface area contributed by atoms with E-state index in [0.717, 1.165) is 28.2 Å². The third-order valence-electron chi connectivity index (χ3n) is 4.27. The minimum absolute atomic E-state index is 0.0246. The van der Waals surface area contributed by atoms with Crippen LogP contribution in [-0.2, 0) is 0 Å². The molecule has 1 amide bonds. The summed E-state index contributed by atoms with van der Waals surface area (Å²) < 4.78 is 11.3. The summed E-state index contributed by atoms with van der Waals surface area (Å²) in [5.74, 6) is 1.61. The van der Waals surface area contributed by atoms with Gasteiger partial charge in [0.25, 0.3) is 5.91 Å². The van der Waals surface area contributed by atoms with Crippen LogP contribution in [0.1, 0.15) is 40.7 Å². The average molecular weight is 281 g/mol. The van der Waals surface area contributed by atoms with Gasteiger partial charge in [0.2, 0.25) is 6.23 Å². The number of nitrogens with zero attached hydrogens (tertiary/aromatic N) is 1. The Kier molecular flexibility index (Phi) is 2.48. The van der Waals surface area contributed by atoms with Crippen LogP contribution in [-0.4, -0.2) is 17.9 Å². The second kappa shape index (κ2) is 4.25. The summed E-state index contributed by atoms with van der Waals surface area (Å²) in [6.45, 7) is 2.03. The number of rotatable bonds is 1. The van der Waals surface area contributed by atoms with Gasteiger partial charge in [0.15, 0.2) is 0 Å². The summed E-state index contributed by atoms with van der Waals surface area (Å²) in [7, 11) is 1.63. The Bertz CT molecular complexity index is 741. The van der Waals surface area contributed by atoms with Gasteiger partial charge < -0.3 is 9.47 Å². The van der Waals surface area contributed by atoms with Crippen molar-refractivity contribution in [1.82, 2.24) is 4.90 Å². The molecule has 0 aliphatic carbocycles. The minimum Gasteiger partial charge on any atom is -0.497 e. The molecule has 0 aromatic heterocycles. The van der Waals surface area contributed by atoms with Crippen molar-refractivity contribution in [3.63, 3.8) is 0 Å². The molecule has 4 heteroatoms. The lowest BCUT2D eigenvalue weighted by atomic mass is 10.0. The van der Waals surface area contributed by atoms with Gasteiger partial charge in [-0.15, -0.1) is 0 Å². The van der Waals surface area contributed by atoms with Crippen LogP contribution < -0.4 is 9.47 Å². The van der Waals surface area contributed by atoms with Crippen molar-refractivity contribution in [2.75, 3.05) is 7.11 Å². The Morgan fingerprint density at radius 1 is 1.14 bits per heavy atom. The molecule has 21 heavy (non-hydrogen) atoms. The van der Waals surface area contributed by atoms with E-state index in [1.807, 2.05) is 49.4 Å². The number of ether oxygens (including phenoxy) is 2. The van der Waals surface area contributed by atoms with Crippen LogP contribution in [0.15, 0.2) is 42.5 Å². The van der Waals surface area contributed by atoms with E-state index in [1.165, 1.54) is 0 Å². The van der Waals surface area contributed by atoms with Gasteiger partial charge in [-0.25, -0.2) is 0 Å². The molecule has 2 aliphatic rings. The first-order valence-electron chi connectivity index (χ1n) is 6.97. The fourth-order valence-corrected chi connectivity index (χ4v) is 3.16. The van der Waals surface area contributed by atoms with E-state index in [9.17, 15) is 4.79 Å². The highest BCUT2D eigenvalue weighted by molar-refractivity contribution is 5.99. The van der Waals surface area contributed by atoms with Gasteiger partial charge in [-0.2, -0.15) is 0 Å². The summed E-state index contributed by atoms with van der Waals surface area (Å²) in [5.41, 5.74) is 2.65. The lowest BCUT2D eigenvalue weighted by molar-refractivity contribution is -0.00192. The number of fused-ring (bicyclic) bond motifs is 4. The van der Waals surface area contributed by atoms with E-state index in [0.29, 0.717) is 0 Å². The van der Waals surface area contributed by atoms with Crippen LogP contribution in [0.4, 0.5) is 0 Å². The molecule has 106 valence electrons. The van der Waals surface area contributed by atoms with E-state index in [2.05, 4.69) is 0 Å². The number of amides is 1. The minimum atomic E-state index is -0.329. The van der Waals surface area contributed by atoms with E-state index in [-0.39, 0.29) is 18.2 Å². The third kappa shape index (κ3) is 1.59. The van der Waals surface area contributed by atoms with Crippen molar-refractivity contribution < 1.29 is 14.3 Å². The highest BCUT2D eigenvalue weighted by Crippen LogP contribution is 2.47. The molecule has 0 radical (unpaired) electrons. The molecule has 0 fully saturated rings. The number of carbonyl (C=O) groups is 1. The van der Waals surface area contributed by atoms with Crippen LogP contribution in [0, 0.1) is 0 Å². The summed E-state index contributed by atoms with van der Waals surface area (Å²) in [6, 6.07) is 13.3. The zero-order valence-corrected chi connectivity index (χ0v) is 11.9. The Balaban J connectivity index is 1.85. The van der Waals surface area contributed by atoms with Crippen molar-refractivity contribution in [3.8, 4) is 11.5 Å². The Labute approximate surface area is 122 Å². The summed E-state index contributed by atoms with van der Waals surface area (Å²) in [4.78, 5) is 14.4. The van der Waals surface area contributed by atoms with Gasteiger partial charge in [-0.3, -0.25) is 9.69 Å². The summed E-state index contributed by atoms with van der Waals surface area (Å²) in [6.07, 6.45) is -0.329. The molecule has 2 aliphatic heterocycles. The highest BCUT2D eigenvalue weighted by Gasteiger charge is 2.44. The van der Waals surface area contributed by atoms with Gasteiger partial charge in [-0.1, -0.05) is 18.2 Å². The number of methoxy groups -OCH3 is 1. The molecule has 0 spiro atoms. The average Bonchev–Trinajstić information content (AvgIpc) is 2.81. The normalized spacial score (nSPS) is 22.2. The van der Waals surface area contributed by atoms with Crippen molar-refractivity contribution in [3.05, 3.63) is 59.2 Å². The zero-order chi connectivity index (χ0) is 14.6. The summed E-state index contributed by atoms with van der Waals surface area (Å²) in [5, 5.41) is 0. The topological polar surface area (TPSA) is 38.8 Å². The predicted molar refractivity (Wildman–Crippen MR) is 77.4 cm³/mol. The molecule has 4 nitrogen and oxygen atoms in total. The van der Waals surface area contributed by atoms with E-state index in [4.69, 9.17) is 9.47 Å². The standard InChI is InChI=1S/C17H15NO3/c1-10-14-9-11(20-2)7-8-15(14)21-17-13-6-4-3-5-12(13)16(19)18(10)17/h3-10,17H,1-2H3/t10-,17+/m1/s1. The van der Waals surface area contributed by atoms with Crippen molar-refractivity contribution in [1.29, 1.82) is 0 Å². The zero-order valence-electron chi connectivity index (χ0n) is 11.9. The fraction of sp³-hybridized carbons (Fsp3) is 0.235. The van der Waals surface area contributed by atoms with Gasteiger partial charge >= 0.3 is 0 Å². The van der Waals surface area contributed by atoms with Crippen molar-refractivity contribution >= 4 is 5.91 Å². The molecule has 2 atom stereocenters. The first-order chi connectivity index (χ1) is 10.2. The molecule has 2 aromatic rings. The molecule has 0 N–H and O–H groups in total. The molecule has 0 bridgehead atoms. The largest absolute Gasteiger partial charge is 0.497 e. The Morgan fingerprint density at radius 2 is 1.95 bits per heavy atom. The molecule has 2 heterocycles. The maximum atomic E-state index is 12.6. The van der Waals surface area contributed by atoms with Gasteiger partial charge in [0.05, 0.1) is 13.2 Å². The monoisotopic (exact) mass is 281 g/mol. The van der Waals surface area contributed by atoms with Crippen molar-refractivity contribution in [2.45, 2.75) is 19.2 Å². The molecular formula is C17H15NO3. The predicted octanol–water partition coefficient (Wildman–Crippen LogP) is 3.30. The molecule has 2 aromatic carbocycles. The summed E-state index contributed by atoms with van der Waals surface area (Å²) >= 11 is 0. The van der Waals surface area contributed by atoms with Crippen molar-refractivity contribution in [2.24, 2.45) is 0 Å². The molecule has 4 rings (SSSR count). The fourth-order valence-electron chi connectivity index (χ4n) is 3.16. The van der Waals surface area contributed by atoms with Crippen LogP contribution in [0.3, 0.4) is 0 Å². The second-order valence-electron chi connectivity index (χ2n) is 5.35. The van der Waals surface area contributed by atoms with Crippen LogP contribution >= 0.6 is 0 Å². The van der Waals surface area contributed by atoms with Gasteiger partial charge in [-0.05, 0) is 31.2 Å². The van der Waals surface area contributed by atoms with Gasteiger partial charge in [0, 0.05) is 16.7 Å². The quantitative estimate of drug-likeness (QED) is 0.805. The lowest BCUT2D eigenvalue weighted by Gasteiger charge is -2.37. The van der Waals surface area contributed by atoms with Crippen LogP contribution in [0.2, 0.25) is 0 Å². The lowest BCUT2D eigenvalue weighted by Crippen LogP contribution is -2.37. The van der Waals surface area contributed by atoms with Gasteiger partial charge in [0.1, 0.15) is 11.5 Å². The second-order valence-corrected chi connectivity index (χ2v) is 5.35. The third-order valence-corrected chi connectivity index (χ3v) is 4.27. The number of benzene rings is 2. The maximum absolute atomic E-state index is 12.6.